The second-order valence-electron chi connectivity index (χ2n) is 1.90. The monoisotopic (exact) mass is 142 g/mol. The Balaban J connectivity index is 4.33. The molecule has 0 spiro atoms. The molecule has 0 N–H and O–H groups in total. The molecule has 0 saturated heterocycles. The minimum absolute atomic E-state index is 0.479. The maximum Gasteiger partial charge on any atom is 0.216 e. The first-order valence-corrected chi connectivity index (χ1v) is 3.17. The Kier molecular flexibility index (Phi) is 3.62. The van der Waals surface area contributed by atoms with Gasteiger partial charge in [0.2, 0.25) is 5.78 Å². The topological polar surface area (TPSA) is 17.1 Å². The zero-order valence-corrected chi connectivity index (χ0v) is 6.28. The summed E-state index contributed by atoms with van der Waals surface area (Å²) in [6.45, 7) is 6.42. The normalized spacial score (nSPS) is 11.3. The van der Waals surface area contributed by atoms with E-state index in [-0.39, 0.29) is 0 Å². The van der Waals surface area contributed by atoms with Crippen molar-refractivity contribution in [3.8, 4) is 0 Å². The van der Waals surface area contributed by atoms with E-state index in [2.05, 4.69) is 6.58 Å². The van der Waals surface area contributed by atoms with Crippen LogP contribution in [0.5, 0.6) is 0 Å². The molecule has 0 atom stereocenters. The molecule has 0 heterocycles. The van der Waals surface area contributed by atoms with Crippen LogP contribution < -0.4 is 0 Å². The zero-order chi connectivity index (χ0) is 8.15. The fraction of sp³-hybridized carbons (Fsp3) is 0.375. The van der Waals surface area contributed by atoms with Crippen molar-refractivity contribution in [3.63, 3.8) is 0 Å². The molecule has 1 nitrogen and oxygen atoms in total. The molecule has 0 fully saturated rings. The largest absolute Gasteiger partial charge is 0.286 e. The van der Waals surface area contributed by atoms with Gasteiger partial charge in [0.05, 0.1) is 0 Å². The summed E-state index contributed by atoms with van der Waals surface area (Å²) < 4.78 is 12.1. The molecule has 0 amide bonds. The summed E-state index contributed by atoms with van der Waals surface area (Å²) in [6, 6.07) is 0. The molecule has 0 saturated carbocycles. The average Bonchev–Trinajstić information content (AvgIpc) is 1.90. The fourth-order valence-electron chi connectivity index (χ4n) is 0.670. The van der Waals surface area contributed by atoms with Gasteiger partial charge in [0.15, 0.2) is 5.83 Å². The number of allylic oxidation sites excluding steroid dienone is 3. The van der Waals surface area contributed by atoms with E-state index < -0.39 is 11.6 Å². The number of halogens is 1. The van der Waals surface area contributed by atoms with Crippen LogP contribution in [0.1, 0.15) is 20.3 Å². The Morgan fingerprint density at radius 3 is 2.30 bits per heavy atom. The highest BCUT2D eigenvalue weighted by Gasteiger charge is 2.08. The molecule has 0 aliphatic rings. The van der Waals surface area contributed by atoms with Crippen LogP contribution >= 0.6 is 0 Å². The first kappa shape index (κ1) is 9.08. The van der Waals surface area contributed by atoms with Gasteiger partial charge in [-0.15, -0.1) is 0 Å². The first-order chi connectivity index (χ1) is 4.63. The average molecular weight is 142 g/mol. The third kappa shape index (κ3) is 2.13. The maximum absolute atomic E-state index is 12.1. The number of hydrogen-bond acceptors (Lipinski definition) is 1. The molecular weight excluding hydrogens is 131 g/mol. The van der Waals surface area contributed by atoms with E-state index in [9.17, 15) is 9.18 Å². The number of rotatable bonds is 3. The quantitative estimate of drug-likeness (QED) is 0.553. The van der Waals surface area contributed by atoms with Gasteiger partial charge in [0.1, 0.15) is 0 Å². The molecular formula is C8H11FO. The van der Waals surface area contributed by atoms with Crippen LogP contribution in [0.25, 0.3) is 0 Å². The minimum Gasteiger partial charge on any atom is -0.286 e. The van der Waals surface area contributed by atoms with Gasteiger partial charge in [-0.1, -0.05) is 19.6 Å². The van der Waals surface area contributed by atoms with Gasteiger partial charge < -0.3 is 0 Å². The molecule has 0 aromatic rings. The number of carbonyl (C=O) groups is 1. The highest BCUT2D eigenvalue weighted by Crippen LogP contribution is 2.08. The SMILES string of the molecule is C=C(F)C(=O)/C(=C\C)CC. The van der Waals surface area contributed by atoms with Crippen molar-refractivity contribution in [1.29, 1.82) is 0 Å². The summed E-state index contributed by atoms with van der Waals surface area (Å²) in [5, 5.41) is 0. The minimum atomic E-state index is -0.880. The molecule has 0 aromatic carbocycles. The van der Waals surface area contributed by atoms with Crippen LogP contribution in [0.2, 0.25) is 0 Å². The van der Waals surface area contributed by atoms with E-state index in [0.29, 0.717) is 12.0 Å². The predicted molar refractivity (Wildman–Crippen MR) is 39.3 cm³/mol. The Morgan fingerprint density at radius 2 is 2.20 bits per heavy atom. The van der Waals surface area contributed by atoms with Crippen LogP contribution in [0.3, 0.4) is 0 Å². The van der Waals surface area contributed by atoms with E-state index in [1.807, 2.05) is 0 Å². The van der Waals surface area contributed by atoms with Gasteiger partial charge in [-0.05, 0) is 18.9 Å². The van der Waals surface area contributed by atoms with Crippen molar-refractivity contribution in [2.24, 2.45) is 0 Å². The Hall–Kier alpha value is -0.920. The van der Waals surface area contributed by atoms with Gasteiger partial charge >= 0.3 is 0 Å². The van der Waals surface area contributed by atoms with Crippen LogP contribution in [0, 0.1) is 0 Å². The molecule has 0 aromatic heterocycles. The molecule has 0 aliphatic carbocycles. The lowest BCUT2D eigenvalue weighted by Gasteiger charge is -1.97. The van der Waals surface area contributed by atoms with E-state index in [1.54, 1.807) is 19.9 Å². The third-order valence-corrected chi connectivity index (χ3v) is 1.27. The molecule has 2 heteroatoms. The van der Waals surface area contributed by atoms with Crippen molar-refractivity contribution < 1.29 is 9.18 Å². The molecule has 56 valence electrons. The summed E-state index contributed by atoms with van der Waals surface area (Å²) in [5.74, 6) is -1.46. The molecule has 0 rings (SSSR count). The number of ketones is 1. The van der Waals surface area contributed by atoms with Crippen LogP contribution in [-0.4, -0.2) is 5.78 Å². The van der Waals surface area contributed by atoms with Gasteiger partial charge in [-0.2, -0.15) is 0 Å². The lowest BCUT2D eigenvalue weighted by molar-refractivity contribution is -0.113. The van der Waals surface area contributed by atoms with E-state index in [1.165, 1.54) is 0 Å². The molecule has 0 bridgehead atoms. The number of Topliss-reactive ketones (excluding diaryl/α,β-unsaturated/α-hetero) is 1. The molecule has 0 radical (unpaired) electrons. The first-order valence-electron chi connectivity index (χ1n) is 3.17. The predicted octanol–water partition coefficient (Wildman–Crippen LogP) is 2.40. The lowest BCUT2D eigenvalue weighted by Crippen LogP contribution is -2.00. The Morgan fingerprint density at radius 1 is 1.70 bits per heavy atom. The van der Waals surface area contributed by atoms with Crippen molar-refractivity contribution in [1.82, 2.24) is 0 Å². The summed E-state index contributed by atoms with van der Waals surface area (Å²) in [6.07, 6.45) is 2.16. The number of hydrogen-bond donors (Lipinski definition) is 0. The standard InChI is InChI=1S/C8H11FO/c1-4-7(5-2)8(10)6(3)9/h4H,3,5H2,1-2H3/b7-4-. The van der Waals surface area contributed by atoms with Crippen LogP contribution in [-0.2, 0) is 4.79 Å². The van der Waals surface area contributed by atoms with E-state index in [4.69, 9.17) is 0 Å². The van der Waals surface area contributed by atoms with Crippen molar-refractivity contribution >= 4 is 5.78 Å². The van der Waals surface area contributed by atoms with Gasteiger partial charge in [-0.25, -0.2) is 4.39 Å². The van der Waals surface area contributed by atoms with E-state index >= 15 is 0 Å². The Bertz CT molecular complexity index is 180. The van der Waals surface area contributed by atoms with Crippen molar-refractivity contribution in [2.75, 3.05) is 0 Å². The van der Waals surface area contributed by atoms with Crippen LogP contribution in [0.15, 0.2) is 24.1 Å². The summed E-state index contributed by atoms with van der Waals surface area (Å²) in [7, 11) is 0. The third-order valence-electron chi connectivity index (χ3n) is 1.27. The van der Waals surface area contributed by atoms with Crippen molar-refractivity contribution in [3.05, 3.63) is 24.1 Å². The van der Waals surface area contributed by atoms with Crippen LogP contribution in [0.4, 0.5) is 4.39 Å². The van der Waals surface area contributed by atoms with E-state index in [0.717, 1.165) is 0 Å². The lowest BCUT2D eigenvalue weighted by atomic mass is 10.1. The number of carbonyl (C=O) groups excluding carboxylic acids is 1. The highest BCUT2D eigenvalue weighted by molar-refractivity contribution is 6.06. The fourth-order valence-corrected chi connectivity index (χ4v) is 0.670. The smallest absolute Gasteiger partial charge is 0.216 e. The molecule has 0 unspecified atom stereocenters. The Labute approximate surface area is 60.2 Å². The van der Waals surface area contributed by atoms with Gasteiger partial charge in [0, 0.05) is 0 Å². The maximum atomic E-state index is 12.1. The molecule has 0 aliphatic heterocycles. The van der Waals surface area contributed by atoms with Gasteiger partial charge in [0.25, 0.3) is 0 Å². The summed E-state index contributed by atoms with van der Waals surface area (Å²) in [4.78, 5) is 10.8. The molecule has 10 heavy (non-hydrogen) atoms. The van der Waals surface area contributed by atoms with Crippen molar-refractivity contribution in [2.45, 2.75) is 20.3 Å². The van der Waals surface area contributed by atoms with Gasteiger partial charge in [-0.3, -0.25) is 4.79 Å². The highest BCUT2D eigenvalue weighted by atomic mass is 19.1. The summed E-state index contributed by atoms with van der Waals surface area (Å²) in [5.41, 5.74) is 0.479. The second kappa shape index (κ2) is 3.99. The zero-order valence-electron chi connectivity index (χ0n) is 6.28. The summed E-state index contributed by atoms with van der Waals surface area (Å²) >= 11 is 0. The second-order valence-corrected chi connectivity index (χ2v) is 1.90.